The molecule has 3 fully saturated rings. The van der Waals surface area contributed by atoms with Crippen molar-refractivity contribution in [3.05, 3.63) is 66.2 Å². The monoisotopic (exact) mass is 458 g/mol. The van der Waals surface area contributed by atoms with Gasteiger partial charge in [0.2, 0.25) is 0 Å². The molecule has 3 unspecified atom stereocenters. The van der Waals surface area contributed by atoms with Crippen LogP contribution in [0.2, 0.25) is 0 Å². The number of nitrogens with zero attached hydrogens (tertiary/aromatic N) is 2. The lowest BCUT2D eigenvalue weighted by Crippen LogP contribution is -2.53. The Kier molecular flexibility index (Phi) is 9.01. The highest BCUT2D eigenvalue weighted by Crippen LogP contribution is 2.25. The standard InChI is InChI=1S/C23H32N4O.C6H6/c1-3-18-10-12-20(13-11-18)27-14-6-7-19(16-27)24-21-8-4-5-9-22(21)25-23-15-17(2)28-26-23;1-2-4-6-5-3-1/h1,10-13,17,19,21-22,24H,4-9,14-16H2,2H3,(H,25,26);1-6H/t17?,19?,21-,22?;/m1./s1. The molecule has 0 spiro atoms. The van der Waals surface area contributed by atoms with Crippen LogP contribution in [0.4, 0.5) is 5.69 Å². The maximum atomic E-state index is 5.49. The van der Waals surface area contributed by atoms with E-state index < -0.39 is 0 Å². The first-order chi connectivity index (χ1) is 16.7. The Morgan fingerprint density at radius 2 is 1.71 bits per heavy atom. The number of piperidine rings is 1. The molecule has 5 rings (SSSR count). The fraction of sp³-hybridized carbons (Fsp3) is 0.483. The van der Waals surface area contributed by atoms with E-state index in [0.29, 0.717) is 18.1 Å². The molecule has 180 valence electrons. The van der Waals surface area contributed by atoms with Crippen LogP contribution in [0.25, 0.3) is 0 Å². The van der Waals surface area contributed by atoms with Crippen molar-refractivity contribution < 1.29 is 4.84 Å². The molecule has 1 aliphatic carbocycles. The van der Waals surface area contributed by atoms with Gasteiger partial charge in [-0.3, -0.25) is 15.3 Å². The van der Waals surface area contributed by atoms with Crippen molar-refractivity contribution >= 4 is 11.5 Å². The summed E-state index contributed by atoms with van der Waals surface area (Å²) < 4.78 is 0. The zero-order valence-electron chi connectivity index (χ0n) is 20.3. The summed E-state index contributed by atoms with van der Waals surface area (Å²) in [4.78, 5) is 13.0. The molecule has 0 aromatic heterocycles. The summed E-state index contributed by atoms with van der Waals surface area (Å²) in [5.41, 5.74) is 5.23. The van der Waals surface area contributed by atoms with Gasteiger partial charge in [-0.25, -0.2) is 0 Å². The number of hydrogen-bond donors (Lipinski definition) is 2. The zero-order valence-corrected chi connectivity index (χ0v) is 20.3. The first-order valence-corrected chi connectivity index (χ1v) is 12.8. The van der Waals surface area contributed by atoms with Crippen LogP contribution in [0.3, 0.4) is 0 Å². The van der Waals surface area contributed by atoms with E-state index in [1.165, 1.54) is 44.2 Å². The molecule has 4 atom stereocenters. The van der Waals surface area contributed by atoms with Crippen LogP contribution in [0.1, 0.15) is 57.4 Å². The summed E-state index contributed by atoms with van der Waals surface area (Å²) in [6.45, 7) is 4.25. The van der Waals surface area contributed by atoms with E-state index >= 15 is 0 Å². The number of aliphatic imine (C=N–C) groups is 1. The van der Waals surface area contributed by atoms with E-state index in [4.69, 9.17) is 16.3 Å². The van der Waals surface area contributed by atoms with Crippen molar-refractivity contribution in [3.8, 4) is 12.3 Å². The first-order valence-electron chi connectivity index (χ1n) is 12.8. The van der Waals surface area contributed by atoms with Crippen molar-refractivity contribution in [1.29, 1.82) is 0 Å². The quantitative estimate of drug-likeness (QED) is 0.638. The second-order valence-electron chi connectivity index (χ2n) is 9.57. The van der Waals surface area contributed by atoms with Gasteiger partial charge in [0, 0.05) is 42.8 Å². The summed E-state index contributed by atoms with van der Waals surface area (Å²) in [5.74, 6) is 3.72. The summed E-state index contributed by atoms with van der Waals surface area (Å²) in [7, 11) is 0. The highest BCUT2D eigenvalue weighted by molar-refractivity contribution is 5.83. The Morgan fingerprint density at radius 1 is 1.00 bits per heavy atom. The lowest BCUT2D eigenvalue weighted by atomic mass is 9.89. The Balaban J connectivity index is 0.000000398. The van der Waals surface area contributed by atoms with Crippen LogP contribution >= 0.6 is 0 Å². The molecule has 3 aliphatic rings. The summed E-state index contributed by atoms with van der Waals surface area (Å²) in [6, 6.07) is 21.7. The molecule has 2 N–H and O–H groups in total. The Hall–Kier alpha value is -2.81. The maximum absolute atomic E-state index is 5.49. The van der Waals surface area contributed by atoms with E-state index in [0.717, 1.165) is 30.9 Å². The minimum Gasteiger partial charge on any atom is -0.370 e. The van der Waals surface area contributed by atoms with E-state index in [2.05, 4.69) is 40.7 Å². The molecule has 0 bridgehead atoms. The molecule has 0 radical (unpaired) electrons. The molecule has 34 heavy (non-hydrogen) atoms. The van der Waals surface area contributed by atoms with Crippen LogP contribution in [0.15, 0.2) is 65.7 Å². The van der Waals surface area contributed by atoms with E-state index in [1.54, 1.807) is 0 Å². The summed E-state index contributed by atoms with van der Waals surface area (Å²) >= 11 is 0. The van der Waals surface area contributed by atoms with Gasteiger partial charge in [-0.15, -0.1) is 6.42 Å². The number of anilines is 1. The smallest absolute Gasteiger partial charge is 0.123 e. The van der Waals surface area contributed by atoms with Crippen LogP contribution in [0, 0.1) is 12.3 Å². The molecular formula is C29H38N4O. The predicted molar refractivity (Wildman–Crippen MR) is 141 cm³/mol. The van der Waals surface area contributed by atoms with Gasteiger partial charge in [0.15, 0.2) is 0 Å². The third-order valence-corrected chi connectivity index (χ3v) is 6.85. The molecule has 2 aromatic rings. The largest absolute Gasteiger partial charge is 0.370 e. The van der Waals surface area contributed by atoms with Gasteiger partial charge in [0.25, 0.3) is 0 Å². The van der Waals surface area contributed by atoms with Crippen molar-refractivity contribution in [1.82, 2.24) is 10.8 Å². The predicted octanol–water partition coefficient (Wildman–Crippen LogP) is 4.94. The van der Waals surface area contributed by atoms with E-state index in [1.807, 2.05) is 48.5 Å². The minimum atomic E-state index is 0.224. The highest BCUT2D eigenvalue weighted by Gasteiger charge is 2.30. The zero-order chi connectivity index (χ0) is 23.6. The minimum absolute atomic E-state index is 0.224. The SMILES string of the molecule is C#Cc1ccc(N2CCCC(N[C@@H]3CCCCC3N=C3CC(C)ON3)C2)cc1.c1ccccc1. The fourth-order valence-corrected chi connectivity index (χ4v) is 5.07. The second-order valence-corrected chi connectivity index (χ2v) is 9.57. The third kappa shape index (κ3) is 7.09. The van der Waals surface area contributed by atoms with Gasteiger partial charge in [-0.1, -0.05) is 55.2 Å². The average molecular weight is 459 g/mol. The van der Waals surface area contributed by atoms with Crippen molar-refractivity contribution in [2.45, 2.75) is 76.1 Å². The molecule has 5 nitrogen and oxygen atoms in total. The Labute approximate surface area is 205 Å². The van der Waals surface area contributed by atoms with Crippen LogP contribution in [-0.2, 0) is 4.84 Å². The van der Waals surface area contributed by atoms with Crippen LogP contribution in [-0.4, -0.2) is 43.2 Å². The van der Waals surface area contributed by atoms with Gasteiger partial charge in [0.1, 0.15) is 5.84 Å². The normalized spacial score (nSPS) is 27.9. The highest BCUT2D eigenvalue weighted by atomic mass is 16.7. The molecule has 2 saturated heterocycles. The summed E-state index contributed by atoms with van der Waals surface area (Å²) in [6.07, 6.45) is 14.0. The average Bonchev–Trinajstić information content (AvgIpc) is 3.31. The second kappa shape index (κ2) is 12.6. The molecule has 2 heterocycles. The number of amidine groups is 1. The van der Waals surface area contributed by atoms with Gasteiger partial charge < -0.3 is 10.2 Å². The molecule has 2 aliphatic heterocycles. The summed E-state index contributed by atoms with van der Waals surface area (Å²) in [5, 5.41) is 3.97. The number of hydrogen-bond acceptors (Lipinski definition) is 4. The fourth-order valence-electron chi connectivity index (χ4n) is 5.07. The number of hydroxylamine groups is 1. The third-order valence-electron chi connectivity index (χ3n) is 6.85. The molecule has 5 heteroatoms. The van der Waals surface area contributed by atoms with Crippen molar-refractivity contribution in [3.63, 3.8) is 0 Å². The molecule has 0 amide bonds. The van der Waals surface area contributed by atoms with Crippen LogP contribution in [0.5, 0.6) is 0 Å². The molecule has 2 aromatic carbocycles. The Bertz CT molecular complexity index is 910. The lowest BCUT2D eigenvalue weighted by Gasteiger charge is -2.39. The first kappa shape index (κ1) is 24.3. The molecular weight excluding hydrogens is 420 g/mol. The number of terminal acetylenes is 1. The molecule has 1 saturated carbocycles. The van der Waals surface area contributed by atoms with E-state index in [-0.39, 0.29) is 6.10 Å². The van der Waals surface area contributed by atoms with Gasteiger partial charge in [-0.05, 0) is 56.9 Å². The number of benzene rings is 2. The van der Waals surface area contributed by atoms with E-state index in [9.17, 15) is 0 Å². The van der Waals surface area contributed by atoms with Crippen LogP contribution < -0.4 is 15.7 Å². The number of nitrogens with one attached hydrogen (secondary N) is 2. The maximum Gasteiger partial charge on any atom is 0.123 e. The van der Waals surface area contributed by atoms with Crippen molar-refractivity contribution in [2.24, 2.45) is 4.99 Å². The topological polar surface area (TPSA) is 48.9 Å². The number of rotatable bonds is 4. The van der Waals surface area contributed by atoms with Gasteiger partial charge >= 0.3 is 0 Å². The van der Waals surface area contributed by atoms with Gasteiger partial charge in [-0.2, -0.15) is 0 Å². The lowest BCUT2D eigenvalue weighted by molar-refractivity contribution is 0.0573. The Morgan fingerprint density at radius 3 is 2.35 bits per heavy atom. The van der Waals surface area contributed by atoms with Crippen molar-refractivity contribution in [2.75, 3.05) is 18.0 Å². The van der Waals surface area contributed by atoms with Gasteiger partial charge in [0.05, 0.1) is 12.1 Å².